The molecule has 2 rings (SSSR count). The van der Waals surface area contributed by atoms with Gasteiger partial charge in [0.25, 0.3) is 5.69 Å². The number of para-hydroxylation sites is 2. The van der Waals surface area contributed by atoms with Gasteiger partial charge in [-0.05, 0) is 31.2 Å². The van der Waals surface area contributed by atoms with E-state index in [1.54, 1.807) is 35.6 Å². The van der Waals surface area contributed by atoms with Crippen molar-refractivity contribution in [2.45, 2.75) is 6.92 Å². The van der Waals surface area contributed by atoms with E-state index >= 15 is 0 Å². The minimum Gasteiger partial charge on any atom is -0.378 e. The van der Waals surface area contributed by atoms with Crippen LogP contribution in [0.1, 0.15) is 9.75 Å². The van der Waals surface area contributed by atoms with Crippen molar-refractivity contribution in [3.8, 4) is 0 Å². The molecule has 0 aliphatic heterocycles. The van der Waals surface area contributed by atoms with E-state index in [-0.39, 0.29) is 11.6 Å². The first-order chi connectivity index (χ1) is 11.1. The van der Waals surface area contributed by atoms with Crippen molar-refractivity contribution in [1.82, 2.24) is 5.32 Å². The molecule has 1 aromatic heterocycles. The number of nitrogens with zero attached hydrogens (tertiary/aromatic N) is 1. The summed E-state index contributed by atoms with van der Waals surface area (Å²) in [6.07, 6.45) is 3.25. The lowest BCUT2D eigenvalue weighted by molar-refractivity contribution is -0.384. The second-order valence-electron chi connectivity index (χ2n) is 4.77. The van der Waals surface area contributed by atoms with Gasteiger partial charge >= 0.3 is 0 Å². The van der Waals surface area contributed by atoms with Gasteiger partial charge in [0, 0.05) is 35.0 Å². The van der Waals surface area contributed by atoms with Crippen molar-refractivity contribution in [2.24, 2.45) is 0 Å². The summed E-state index contributed by atoms with van der Waals surface area (Å²) in [5.74, 6) is -0.194. The molecule has 0 fully saturated rings. The normalized spacial score (nSPS) is 10.7. The highest BCUT2D eigenvalue weighted by Crippen LogP contribution is 2.22. The number of hydrogen-bond donors (Lipinski definition) is 2. The number of benzene rings is 1. The number of rotatable bonds is 7. The molecule has 0 aliphatic carbocycles. The minimum atomic E-state index is -0.438. The highest BCUT2D eigenvalue weighted by atomic mass is 32.1. The lowest BCUT2D eigenvalue weighted by Gasteiger charge is -2.07. The van der Waals surface area contributed by atoms with Crippen molar-refractivity contribution < 1.29 is 9.72 Å². The highest BCUT2D eigenvalue weighted by molar-refractivity contribution is 7.12. The van der Waals surface area contributed by atoms with Crippen molar-refractivity contribution >= 4 is 34.7 Å². The molecule has 2 aromatic rings. The number of carbonyl (C=O) groups is 1. The van der Waals surface area contributed by atoms with E-state index in [2.05, 4.69) is 10.6 Å². The van der Waals surface area contributed by atoms with Crippen LogP contribution in [0.15, 0.2) is 42.5 Å². The first-order valence-electron chi connectivity index (χ1n) is 7.06. The number of amides is 1. The summed E-state index contributed by atoms with van der Waals surface area (Å²) in [7, 11) is 0. The van der Waals surface area contributed by atoms with Gasteiger partial charge in [0.2, 0.25) is 5.91 Å². The van der Waals surface area contributed by atoms with Crippen LogP contribution < -0.4 is 10.6 Å². The van der Waals surface area contributed by atoms with Crippen molar-refractivity contribution in [1.29, 1.82) is 0 Å². The first kappa shape index (κ1) is 16.7. The van der Waals surface area contributed by atoms with Crippen LogP contribution in [0.4, 0.5) is 11.4 Å². The Morgan fingerprint density at radius 3 is 2.74 bits per heavy atom. The third-order valence-electron chi connectivity index (χ3n) is 3.00. The standard InChI is InChI=1S/C16H17N3O3S/c1-12-6-7-13(23-12)8-9-16(20)18-11-10-17-14-4-2-3-5-15(14)19(21)22/h2-9,17H,10-11H2,1H3,(H,18,20)/b9-8+. The maximum atomic E-state index is 11.7. The number of anilines is 1. The van der Waals surface area contributed by atoms with Gasteiger partial charge in [0.05, 0.1) is 4.92 Å². The van der Waals surface area contributed by atoms with E-state index in [0.717, 1.165) is 4.88 Å². The second-order valence-corrected chi connectivity index (χ2v) is 6.09. The molecule has 0 saturated heterocycles. The predicted octanol–water partition coefficient (Wildman–Crippen LogP) is 3.21. The number of thiophene rings is 1. The Morgan fingerprint density at radius 2 is 2.04 bits per heavy atom. The second kappa shape index (κ2) is 8.09. The lowest BCUT2D eigenvalue weighted by atomic mass is 10.2. The predicted molar refractivity (Wildman–Crippen MR) is 92.7 cm³/mol. The number of nitrogens with one attached hydrogen (secondary N) is 2. The van der Waals surface area contributed by atoms with Crippen LogP contribution in [0.3, 0.4) is 0 Å². The molecule has 2 N–H and O–H groups in total. The van der Waals surface area contributed by atoms with Crippen LogP contribution in [0.2, 0.25) is 0 Å². The van der Waals surface area contributed by atoms with Crippen LogP contribution in [0, 0.1) is 17.0 Å². The number of carbonyl (C=O) groups excluding carboxylic acids is 1. The molecular weight excluding hydrogens is 314 g/mol. The summed E-state index contributed by atoms with van der Waals surface area (Å²) in [6, 6.07) is 10.4. The number of aryl methyl sites for hydroxylation is 1. The van der Waals surface area contributed by atoms with Crippen molar-refractivity contribution in [3.63, 3.8) is 0 Å². The molecule has 0 atom stereocenters. The van der Waals surface area contributed by atoms with Crippen LogP contribution >= 0.6 is 11.3 Å². The molecule has 6 nitrogen and oxygen atoms in total. The summed E-state index contributed by atoms with van der Waals surface area (Å²) in [4.78, 5) is 24.3. The van der Waals surface area contributed by atoms with Crippen LogP contribution in [-0.2, 0) is 4.79 Å². The van der Waals surface area contributed by atoms with E-state index in [0.29, 0.717) is 18.8 Å². The Labute approximate surface area is 138 Å². The molecule has 1 aromatic carbocycles. The molecule has 1 heterocycles. The highest BCUT2D eigenvalue weighted by Gasteiger charge is 2.11. The zero-order chi connectivity index (χ0) is 16.7. The molecular formula is C16H17N3O3S. The summed E-state index contributed by atoms with van der Waals surface area (Å²) < 4.78 is 0. The Balaban J connectivity index is 1.76. The minimum absolute atomic E-state index is 0.0202. The van der Waals surface area contributed by atoms with Gasteiger partial charge in [0.1, 0.15) is 5.69 Å². The molecule has 23 heavy (non-hydrogen) atoms. The largest absolute Gasteiger partial charge is 0.378 e. The topological polar surface area (TPSA) is 84.3 Å². The van der Waals surface area contributed by atoms with Gasteiger partial charge in [-0.15, -0.1) is 11.3 Å². The quantitative estimate of drug-likeness (QED) is 0.353. The Morgan fingerprint density at radius 1 is 1.26 bits per heavy atom. The average molecular weight is 331 g/mol. The molecule has 120 valence electrons. The van der Waals surface area contributed by atoms with Crippen LogP contribution in [-0.4, -0.2) is 23.9 Å². The zero-order valence-electron chi connectivity index (χ0n) is 12.6. The molecule has 1 amide bonds. The third-order valence-corrected chi connectivity index (χ3v) is 3.97. The molecule has 0 spiro atoms. The van der Waals surface area contributed by atoms with Crippen LogP contribution in [0.25, 0.3) is 6.08 Å². The summed E-state index contributed by atoms with van der Waals surface area (Å²) in [5.41, 5.74) is 0.461. The maximum Gasteiger partial charge on any atom is 0.292 e. The Bertz CT molecular complexity index is 725. The molecule has 0 bridgehead atoms. The monoisotopic (exact) mass is 331 g/mol. The van der Waals surface area contributed by atoms with E-state index in [1.165, 1.54) is 17.0 Å². The Kier molecular flexibility index (Phi) is 5.87. The molecule has 0 saturated carbocycles. The van der Waals surface area contributed by atoms with Crippen molar-refractivity contribution in [3.05, 3.63) is 62.3 Å². The average Bonchev–Trinajstić information content (AvgIpc) is 2.95. The van der Waals surface area contributed by atoms with Gasteiger partial charge in [0.15, 0.2) is 0 Å². The summed E-state index contributed by atoms with van der Waals surface area (Å²) in [5, 5.41) is 16.5. The lowest BCUT2D eigenvalue weighted by Crippen LogP contribution is -2.27. The molecule has 0 unspecified atom stereocenters. The summed E-state index contributed by atoms with van der Waals surface area (Å²) >= 11 is 1.62. The van der Waals surface area contributed by atoms with E-state index in [4.69, 9.17) is 0 Å². The first-order valence-corrected chi connectivity index (χ1v) is 7.87. The van der Waals surface area contributed by atoms with E-state index in [1.807, 2.05) is 19.1 Å². The molecule has 0 aliphatic rings. The third kappa shape index (κ3) is 5.23. The number of hydrogen-bond acceptors (Lipinski definition) is 5. The zero-order valence-corrected chi connectivity index (χ0v) is 13.4. The van der Waals surface area contributed by atoms with Crippen LogP contribution in [0.5, 0.6) is 0 Å². The van der Waals surface area contributed by atoms with Gasteiger partial charge in [-0.2, -0.15) is 0 Å². The molecule has 0 radical (unpaired) electrons. The summed E-state index contributed by atoms with van der Waals surface area (Å²) in [6.45, 7) is 2.79. The Hall–Kier alpha value is -2.67. The number of nitro groups is 1. The van der Waals surface area contributed by atoms with Gasteiger partial charge < -0.3 is 10.6 Å². The number of nitro benzene ring substituents is 1. The van der Waals surface area contributed by atoms with E-state index < -0.39 is 4.92 Å². The van der Waals surface area contributed by atoms with Gasteiger partial charge in [-0.25, -0.2) is 0 Å². The van der Waals surface area contributed by atoms with E-state index in [9.17, 15) is 14.9 Å². The smallest absolute Gasteiger partial charge is 0.292 e. The fourth-order valence-electron chi connectivity index (χ4n) is 1.92. The van der Waals surface area contributed by atoms with Gasteiger partial charge in [-0.1, -0.05) is 12.1 Å². The fraction of sp³-hybridized carbons (Fsp3) is 0.188. The van der Waals surface area contributed by atoms with Crippen molar-refractivity contribution in [2.75, 3.05) is 18.4 Å². The SMILES string of the molecule is Cc1ccc(/C=C/C(=O)NCCNc2ccccc2[N+](=O)[O-])s1. The van der Waals surface area contributed by atoms with Gasteiger partial charge in [-0.3, -0.25) is 14.9 Å². The maximum absolute atomic E-state index is 11.7. The molecule has 7 heteroatoms. The fourth-order valence-corrected chi connectivity index (χ4v) is 2.70.